The molecule has 1 aromatic carbocycles. The molecule has 0 fully saturated rings. The zero-order valence-corrected chi connectivity index (χ0v) is 9.80. The van der Waals surface area contributed by atoms with E-state index < -0.39 is 0 Å². The fourth-order valence-corrected chi connectivity index (χ4v) is 1.36. The van der Waals surface area contributed by atoms with E-state index in [1.165, 1.54) is 13.2 Å². The summed E-state index contributed by atoms with van der Waals surface area (Å²) in [5, 5.41) is 3.18. The molecule has 1 atom stereocenters. The van der Waals surface area contributed by atoms with Gasteiger partial charge in [-0.15, -0.1) is 5.92 Å². The Balaban J connectivity index is 2.71. The first-order valence-corrected chi connectivity index (χ1v) is 5.15. The van der Waals surface area contributed by atoms with Gasteiger partial charge in [0.1, 0.15) is 0 Å². The molecule has 0 bridgehead atoms. The first-order chi connectivity index (χ1) is 7.69. The van der Waals surface area contributed by atoms with Crippen molar-refractivity contribution >= 4 is 0 Å². The maximum Gasteiger partial charge on any atom is 0.165 e. The molecule has 16 heavy (non-hydrogen) atoms. The fraction of sp³-hybridized carbons (Fsp3) is 0.385. The van der Waals surface area contributed by atoms with Gasteiger partial charge in [0.25, 0.3) is 0 Å². The maximum absolute atomic E-state index is 13.4. The number of ether oxygens (including phenoxy) is 1. The first-order valence-electron chi connectivity index (χ1n) is 5.15. The van der Waals surface area contributed by atoms with Gasteiger partial charge in [-0.2, -0.15) is 0 Å². The molecule has 2 nitrogen and oxygen atoms in total. The number of benzene rings is 1. The van der Waals surface area contributed by atoms with E-state index in [0.717, 1.165) is 5.56 Å². The van der Waals surface area contributed by atoms with E-state index in [1.54, 1.807) is 13.0 Å². The van der Waals surface area contributed by atoms with Crippen LogP contribution in [-0.4, -0.2) is 13.7 Å². The molecule has 0 amide bonds. The maximum atomic E-state index is 13.4. The lowest BCUT2D eigenvalue weighted by molar-refractivity contribution is 0.385. The van der Waals surface area contributed by atoms with Gasteiger partial charge in [-0.05, 0) is 31.5 Å². The Morgan fingerprint density at radius 2 is 2.25 bits per heavy atom. The summed E-state index contributed by atoms with van der Waals surface area (Å²) in [5.74, 6) is 5.63. The van der Waals surface area contributed by atoms with Crippen LogP contribution in [0.2, 0.25) is 0 Å². The normalized spacial score (nSPS) is 11.5. The van der Waals surface area contributed by atoms with Crippen molar-refractivity contribution in [2.24, 2.45) is 0 Å². The lowest BCUT2D eigenvalue weighted by Gasteiger charge is -2.13. The predicted molar refractivity (Wildman–Crippen MR) is 62.8 cm³/mol. The van der Waals surface area contributed by atoms with Gasteiger partial charge >= 0.3 is 0 Å². The lowest BCUT2D eigenvalue weighted by Crippen LogP contribution is -2.18. The van der Waals surface area contributed by atoms with Gasteiger partial charge in [0.2, 0.25) is 0 Å². The predicted octanol–water partition coefficient (Wildman–Crippen LogP) is 2.51. The second-order valence-electron chi connectivity index (χ2n) is 3.42. The van der Waals surface area contributed by atoms with Crippen LogP contribution in [0.5, 0.6) is 5.75 Å². The number of nitrogens with one attached hydrogen (secondary N) is 1. The fourth-order valence-electron chi connectivity index (χ4n) is 1.36. The third kappa shape index (κ3) is 3.25. The number of methoxy groups -OCH3 is 1. The molecule has 1 aromatic rings. The van der Waals surface area contributed by atoms with E-state index in [1.807, 2.05) is 13.0 Å². The minimum atomic E-state index is -0.338. The molecule has 0 aromatic heterocycles. The standard InChI is InChI=1S/C13H16FNO/c1-4-5-8-15-10(2)11-6-7-13(16-3)12(14)9-11/h6-7,9-10,15H,8H2,1-3H3. The van der Waals surface area contributed by atoms with Crippen LogP contribution in [0, 0.1) is 17.7 Å². The molecule has 0 saturated heterocycles. The summed E-state index contributed by atoms with van der Waals surface area (Å²) in [5.41, 5.74) is 0.885. The largest absolute Gasteiger partial charge is 0.494 e. The topological polar surface area (TPSA) is 21.3 Å². The Bertz CT molecular complexity index is 406. The van der Waals surface area contributed by atoms with Crippen molar-refractivity contribution in [1.82, 2.24) is 5.32 Å². The van der Waals surface area contributed by atoms with Crippen molar-refractivity contribution in [2.75, 3.05) is 13.7 Å². The molecule has 1 rings (SSSR count). The van der Waals surface area contributed by atoms with Gasteiger partial charge in [0.05, 0.1) is 13.7 Å². The van der Waals surface area contributed by atoms with Crippen molar-refractivity contribution in [2.45, 2.75) is 19.9 Å². The third-order valence-electron chi connectivity index (χ3n) is 2.35. The number of hydrogen-bond donors (Lipinski definition) is 1. The summed E-state index contributed by atoms with van der Waals surface area (Å²) in [6.45, 7) is 4.36. The van der Waals surface area contributed by atoms with E-state index in [9.17, 15) is 4.39 Å². The molecule has 0 aliphatic rings. The van der Waals surface area contributed by atoms with Gasteiger partial charge in [-0.1, -0.05) is 12.0 Å². The minimum Gasteiger partial charge on any atom is -0.494 e. The molecule has 1 unspecified atom stereocenters. The Kier molecular flexibility index (Phi) is 4.81. The zero-order valence-electron chi connectivity index (χ0n) is 9.80. The summed E-state index contributed by atoms with van der Waals surface area (Å²) in [6.07, 6.45) is 0. The highest BCUT2D eigenvalue weighted by Gasteiger charge is 2.08. The summed E-state index contributed by atoms with van der Waals surface area (Å²) in [4.78, 5) is 0. The number of rotatable bonds is 4. The van der Waals surface area contributed by atoms with Gasteiger partial charge in [-0.25, -0.2) is 4.39 Å². The Morgan fingerprint density at radius 3 is 2.81 bits per heavy atom. The third-order valence-corrected chi connectivity index (χ3v) is 2.35. The summed E-state index contributed by atoms with van der Waals surface area (Å²) in [6, 6.07) is 5.03. The average molecular weight is 221 g/mol. The molecule has 0 heterocycles. The average Bonchev–Trinajstić information content (AvgIpc) is 2.29. The van der Waals surface area contributed by atoms with Crippen molar-refractivity contribution < 1.29 is 9.13 Å². The van der Waals surface area contributed by atoms with Crippen molar-refractivity contribution in [3.8, 4) is 17.6 Å². The van der Waals surface area contributed by atoms with Crippen LogP contribution >= 0.6 is 0 Å². The Morgan fingerprint density at radius 1 is 1.50 bits per heavy atom. The van der Waals surface area contributed by atoms with Crippen LogP contribution in [0.3, 0.4) is 0 Å². The minimum absolute atomic E-state index is 0.0706. The second-order valence-corrected chi connectivity index (χ2v) is 3.42. The highest BCUT2D eigenvalue weighted by atomic mass is 19.1. The SMILES string of the molecule is CC#CCNC(C)c1ccc(OC)c(F)c1. The molecular weight excluding hydrogens is 205 g/mol. The number of halogens is 1. The quantitative estimate of drug-likeness (QED) is 0.789. The van der Waals surface area contributed by atoms with Crippen LogP contribution in [0.4, 0.5) is 4.39 Å². The van der Waals surface area contributed by atoms with Crippen LogP contribution in [0.25, 0.3) is 0 Å². The summed E-state index contributed by atoms with van der Waals surface area (Å²) >= 11 is 0. The second kappa shape index (κ2) is 6.14. The smallest absolute Gasteiger partial charge is 0.165 e. The van der Waals surface area contributed by atoms with Crippen LogP contribution in [0.1, 0.15) is 25.5 Å². The van der Waals surface area contributed by atoms with Gasteiger partial charge in [0.15, 0.2) is 11.6 Å². The molecule has 1 N–H and O–H groups in total. The van der Waals surface area contributed by atoms with Crippen molar-refractivity contribution in [1.29, 1.82) is 0 Å². The molecule has 0 spiro atoms. The molecule has 0 aliphatic carbocycles. The Hall–Kier alpha value is -1.53. The molecular formula is C13H16FNO. The molecule has 0 aliphatic heterocycles. The van der Waals surface area contributed by atoms with Gasteiger partial charge < -0.3 is 4.74 Å². The van der Waals surface area contributed by atoms with Crippen molar-refractivity contribution in [3.05, 3.63) is 29.6 Å². The van der Waals surface area contributed by atoms with Crippen LogP contribution in [0.15, 0.2) is 18.2 Å². The number of hydrogen-bond acceptors (Lipinski definition) is 2. The first kappa shape index (κ1) is 12.5. The highest BCUT2D eigenvalue weighted by molar-refractivity contribution is 5.30. The molecule has 3 heteroatoms. The van der Waals surface area contributed by atoms with E-state index in [0.29, 0.717) is 6.54 Å². The molecule has 0 radical (unpaired) electrons. The van der Waals surface area contributed by atoms with E-state index in [4.69, 9.17) is 4.74 Å². The lowest BCUT2D eigenvalue weighted by atomic mass is 10.1. The van der Waals surface area contributed by atoms with Crippen molar-refractivity contribution in [3.63, 3.8) is 0 Å². The van der Waals surface area contributed by atoms with E-state index >= 15 is 0 Å². The summed E-state index contributed by atoms with van der Waals surface area (Å²) < 4.78 is 18.3. The van der Waals surface area contributed by atoms with Crippen LogP contribution < -0.4 is 10.1 Å². The zero-order chi connectivity index (χ0) is 12.0. The van der Waals surface area contributed by atoms with Gasteiger partial charge in [0, 0.05) is 6.04 Å². The Labute approximate surface area is 95.8 Å². The highest BCUT2D eigenvalue weighted by Crippen LogP contribution is 2.21. The molecule has 0 saturated carbocycles. The van der Waals surface area contributed by atoms with Gasteiger partial charge in [-0.3, -0.25) is 5.32 Å². The van der Waals surface area contributed by atoms with E-state index in [2.05, 4.69) is 17.2 Å². The monoisotopic (exact) mass is 221 g/mol. The van der Waals surface area contributed by atoms with E-state index in [-0.39, 0.29) is 17.6 Å². The summed E-state index contributed by atoms with van der Waals surface area (Å²) in [7, 11) is 1.45. The molecule has 86 valence electrons. The van der Waals surface area contributed by atoms with Crippen LogP contribution in [-0.2, 0) is 0 Å².